The van der Waals surface area contributed by atoms with Crippen LogP contribution in [0, 0.1) is 5.82 Å². The van der Waals surface area contributed by atoms with Crippen molar-refractivity contribution in [1.29, 1.82) is 0 Å². The molecule has 218 valence electrons. The summed E-state index contributed by atoms with van der Waals surface area (Å²) in [4.78, 5) is 33.5. The third-order valence-electron chi connectivity index (χ3n) is 6.44. The Bertz CT molecular complexity index is 2070. The summed E-state index contributed by atoms with van der Waals surface area (Å²) in [6, 6.07) is 8.58. The normalized spacial score (nSPS) is 11.9. The van der Waals surface area contributed by atoms with Crippen LogP contribution in [0.4, 0.5) is 23.2 Å². The average molecular weight is 673 g/mol. The predicted octanol–water partition coefficient (Wildman–Crippen LogP) is 6.16. The van der Waals surface area contributed by atoms with Crippen LogP contribution in [0.15, 0.2) is 59.3 Å². The second-order valence-electron chi connectivity index (χ2n) is 9.18. The third-order valence-corrected chi connectivity index (χ3v) is 8.12. The molecule has 10 nitrogen and oxygen atoms in total. The Morgan fingerprint density at radius 1 is 1.12 bits per heavy atom. The maximum Gasteiger partial charge on any atom is 0.433 e. The average Bonchev–Trinajstić information content (AvgIpc) is 3.67. The number of hydrogen-bond acceptors (Lipinski definition) is 7. The first-order valence-corrected chi connectivity index (χ1v) is 14.1. The van der Waals surface area contributed by atoms with Crippen LogP contribution in [0.1, 0.15) is 32.8 Å². The lowest BCUT2D eigenvalue weighted by Crippen LogP contribution is -2.17. The molecule has 0 radical (unpaired) electrons. The topological polar surface area (TPSA) is 133 Å². The molecule has 0 unspecified atom stereocenters. The molecule has 1 aromatic carbocycles. The van der Waals surface area contributed by atoms with Crippen molar-refractivity contribution in [2.75, 3.05) is 5.32 Å². The lowest BCUT2D eigenvalue weighted by molar-refractivity contribution is -0.140. The van der Waals surface area contributed by atoms with E-state index in [4.69, 9.17) is 5.73 Å². The van der Waals surface area contributed by atoms with E-state index in [0.29, 0.717) is 39.4 Å². The van der Waals surface area contributed by atoms with Crippen LogP contribution in [-0.4, -0.2) is 41.2 Å². The molecule has 0 aliphatic rings. The van der Waals surface area contributed by atoms with Crippen LogP contribution in [0.2, 0.25) is 0 Å². The smallest absolute Gasteiger partial charge is 0.365 e. The van der Waals surface area contributed by atoms with Crippen LogP contribution in [-0.2, 0) is 12.7 Å². The van der Waals surface area contributed by atoms with Crippen molar-refractivity contribution < 1.29 is 27.2 Å². The number of anilines is 1. The zero-order valence-corrected chi connectivity index (χ0v) is 24.2. The molecule has 6 aromatic rings. The van der Waals surface area contributed by atoms with Crippen molar-refractivity contribution in [2.45, 2.75) is 19.6 Å². The Labute approximate surface area is 251 Å². The maximum absolute atomic E-state index is 13.8. The van der Waals surface area contributed by atoms with Gasteiger partial charge < -0.3 is 11.1 Å². The van der Waals surface area contributed by atoms with E-state index < -0.39 is 29.5 Å². The number of carbonyl (C=O) groups excluding carboxylic acids is 2. The molecular formula is C27H17BrF4N8O2S. The Kier molecular flexibility index (Phi) is 6.96. The highest BCUT2D eigenvalue weighted by atomic mass is 79.9. The highest BCUT2D eigenvalue weighted by molar-refractivity contribution is 9.10. The molecule has 0 atom stereocenters. The fourth-order valence-corrected chi connectivity index (χ4v) is 6.02. The van der Waals surface area contributed by atoms with Gasteiger partial charge in [0.05, 0.1) is 15.9 Å². The minimum absolute atomic E-state index is 0.0309. The molecule has 0 saturated heterocycles. The summed E-state index contributed by atoms with van der Waals surface area (Å²) in [6.45, 7) is 2.55. The summed E-state index contributed by atoms with van der Waals surface area (Å²) >= 11 is 4.08. The maximum atomic E-state index is 13.8. The van der Waals surface area contributed by atoms with Gasteiger partial charge in [0.1, 0.15) is 26.9 Å². The minimum Gasteiger partial charge on any atom is -0.365 e. The molecule has 0 aliphatic heterocycles. The number of nitrogens with one attached hydrogen (secondary N) is 1. The van der Waals surface area contributed by atoms with E-state index in [-0.39, 0.29) is 37.6 Å². The number of aryl methyl sites for hydroxylation is 1. The molecule has 0 fully saturated rings. The Morgan fingerprint density at radius 3 is 2.51 bits per heavy atom. The molecule has 2 amide bonds. The summed E-state index contributed by atoms with van der Waals surface area (Å²) in [6.07, 6.45) is -1.50. The van der Waals surface area contributed by atoms with Gasteiger partial charge in [-0.15, -0.1) is 11.3 Å². The molecule has 3 N–H and O–H groups in total. The minimum atomic E-state index is -4.83. The van der Waals surface area contributed by atoms with Crippen LogP contribution in [0.25, 0.3) is 38.4 Å². The number of pyridine rings is 1. The van der Waals surface area contributed by atoms with Gasteiger partial charge in [-0.3, -0.25) is 14.3 Å². The number of aromatic nitrogens is 6. The van der Waals surface area contributed by atoms with Gasteiger partial charge in [-0.2, -0.15) is 23.4 Å². The van der Waals surface area contributed by atoms with Crippen LogP contribution in [0.5, 0.6) is 0 Å². The number of carbonyl (C=O) groups is 2. The monoisotopic (exact) mass is 672 g/mol. The Balaban J connectivity index is 1.49. The fraction of sp³-hybridized carbons (Fsp3) is 0.111. The third kappa shape index (κ3) is 5.12. The number of nitrogens with zero attached hydrogens (tertiary/aromatic N) is 6. The van der Waals surface area contributed by atoms with E-state index in [1.807, 2.05) is 6.92 Å². The molecular weight excluding hydrogens is 656 g/mol. The van der Waals surface area contributed by atoms with Crippen LogP contribution >= 0.6 is 27.3 Å². The van der Waals surface area contributed by atoms with Crippen molar-refractivity contribution in [1.82, 2.24) is 29.4 Å². The number of fused-ring (bicyclic) bond motifs is 2. The number of nitrogens with two attached hydrogens (primary N) is 1. The number of alkyl halides is 3. The number of rotatable bonds is 6. The molecule has 6 rings (SSSR count). The SMILES string of the molecule is CCn1cc(Br)c(-c2ccnc3cc(C(=O)Nc4c(C(N)=O)sc5nc(C(F)(F)F)cc(-c6ccc(F)cc6)c45)nn23)n1. The summed E-state index contributed by atoms with van der Waals surface area (Å²) in [5.41, 5.74) is 5.65. The molecule has 16 heteroatoms. The zero-order valence-electron chi connectivity index (χ0n) is 21.8. The number of amides is 2. The lowest BCUT2D eigenvalue weighted by atomic mass is 10.0. The molecule has 5 heterocycles. The zero-order chi connectivity index (χ0) is 30.6. The Hall–Kier alpha value is -4.70. The number of benzene rings is 1. The highest BCUT2D eigenvalue weighted by Gasteiger charge is 2.35. The first-order valence-electron chi connectivity index (χ1n) is 12.4. The quantitative estimate of drug-likeness (QED) is 0.204. The number of hydrogen-bond donors (Lipinski definition) is 2. The van der Waals surface area contributed by atoms with E-state index >= 15 is 0 Å². The van der Waals surface area contributed by atoms with E-state index in [2.05, 4.69) is 41.4 Å². The predicted molar refractivity (Wildman–Crippen MR) is 154 cm³/mol. The molecule has 0 spiro atoms. The molecule has 43 heavy (non-hydrogen) atoms. The van der Waals surface area contributed by atoms with Gasteiger partial charge in [0, 0.05) is 30.4 Å². The van der Waals surface area contributed by atoms with Gasteiger partial charge in [0.2, 0.25) is 0 Å². The lowest BCUT2D eigenvalue weighted by Gasteiger charge is -2.12. The molecule has 5 aromatic heterocycles. The van der Waals surface area contributed by atoms with E-state index in [1.165, 1.54) is 28.9 Å². The van der Waals surface area contributed by atoms with Gasteiger partial charge in [-0.25, -0.2) is 18.9 Å². The number of halogens is 5. The summed E-state index contributed by atoms with van der Waals surface area (Å²) in [7, 11) is 0. The standard InChI is InChI=1S/C27H17BrF4N8O2S/c1-2-39-11-15(28)21(38-39)17-7-8-34-19-10-16(37-40(17)19)25(42)36-22-20-14(12-3-5-13(29)6-4-12)9-18(27(30,31)32)35-26(20)43-23(22)24(33)41/h3-11H,2H2,1H3,(H2,33,41)(H,36,42). The highest BCUT2D eigenvalue weighted by Crippen LogP contribution is 2.44. The van der Waals surface area contributed by atoms with Gasteiger partial charge in [0.15, 0.2) is 11.3 Å². The molecule has 0 saturated carbocycles. The van der Waals surface area contributed by atoms with Crippen LogP contribution < -0.4 is 11.1 Å². The second-order valence-corrected chi connectivity index (χ2v) is 11.0. The number of primary amides is 1. The first-order chi connectivity index (χ1) is 20.4. The summed E-state index contributed by atoms with van der Waals surface area (Å²) in [5, 5.41) is 11.5. The number of thiophene rings is 1. The largest absolute Gasteiger partial charge is 0.433 e. The van der Waals surface area contributed by atoms with Gasteiger partial charge >= 0.3 is 6.18 Å². The van der Waals surface area contributed by atoms with Crippen molar-refractivity contribution in [3.05, 3.63) is 81.4 Å². The van der Waals surface area contributed by atoms with E-state index in [1.54, 1.807) is 16.9 Å². The van der Waals surface area contributed by atoms with E-state index in [9.17, 15) is 27.2 Å². The van der Waals surface area contributed by atoms with Gasteiger partial charge in [0.25, 0.3) is 11.8 Å². The summed E-state index contributed by atoms with van der Waals surface area (Å²) in [5.74, 6) is -2.39. The summed E-state index contributed by atoms with van der Waals surface area (Å²) < 4.78 is 58.8. The van der Waals surface area contributed by atoms with Gasteiger partial charge in [-0.1, -0.05) is 12.1 Å². The van der Waals surface area contributed by atoms with Crippen LogP contribution in [0.3, 0.4) is 0 Å². The van der Waals surface area contributed by atoms with Crippen molar-refractivity contribution in [3.8, 4) is 22.5 Å². The van der Waals surface area contributed by atoms with E-state index in [0.717, 1.165) is 18.2 Å². The Morgan fingerprint density at radius 2 is 1.86 bits per heavy atom. The second kappa shape index (κ2) is 10.5. The molecule has 0 aliphatic carbocycles. The first kappa shape index (κ1) is 28.4. The van der Waals surface area contributed by atoms with Crippen molar-refractivity contribution in [3.63, 3.8) is 0 Å². The molecule has 0 bridgehead atoms. The van der Waals surface area contributed by atoms with Gasteiger partial charge in [-0.05, 0) is 58.2 Å². The van der Waals surface area contributed by atoms with Crippen molar-refractivity contribution >= 4 is 60.6 Å². The fourth-order valence-electron chi connectivity index (χ4n) is 4.49. The van der Waals surface area contributed by atoms with Crippen molar-refractivity contribution in [2.24, 2.45) is 5.73 Å².